The third-order valence-electron chi connectivity index (χ3n) is 0.283. The van der Waals surface area contributed by atoms with Gasteiger partial charge in [-0.25, -0.2) is 0 Å². The van der Waals surface area contributed by atoms with E-state index >= 15 is 0 Å². The van der Waals surface area contributed by atoms with Crippen LogP contribution in [0.15, 0.2) is 0 Å². The molecule has 0 aromatic rings. The van der Waals surface area contributed by atoms with E-state index in [-0.39, 0.29) is 0 Å². The van der Waals surface area contributed by atoms with Crippen LogP contribution >= 0.6 is 0 Å². The van der Waals surface area contributed by atoms with Crippen LogP contribution in [0, 0.1) is 0 Å². The molecule has 0 unspecified atom stereocenters. The fourth-order valence-corrected chi connectivity index (χ4v) is 1.27. The minimum atomic E-state index is -2.12. The molecule has 0 bridgehead atoms. The molecule has 0 saturated heterocycles. The first-order chi connectivity index (χ1) is 2.77. The van der Waals surface area contributed by atoms with Crippen LogP contribution in [0.25, 0.3) is 0 Å². The van der Waals surface area contributed by atoms with Gasteiger partial charge in [-0.1, -0.05) is 0 Å². The monoisotopic (exact) mass is 174 g/mol. The molecule has 0 fully saturated rings. The third kappa shape index (κ3) is 4.47. The quantitative estimate of drug-likeness (QED) is 0.425. The molecule has 0 aliphatic heterocycles. The summed E-state index contributed by atoms with van der Waals surface area (Å²) < 4.78 is 19.3. The molecule has 0 atom stereocenters. The van der Waals surface area contributed by atoms with Crippen molar-refractivity contribution in [2.75, 3.05) is 5.75 Å². The van der Waals surface area contributed by atoms with Gasteiger partial charge in [0, 0.05) is 0 Å². The Hall–Kier alpha value is 0.469. The number of rotatable bonds is 2. The Kier molecular flexibility index (Phi) is 3.94. The predicted molar refractivity (Wildman–Crippen MR) is 27.1 cm³/mol. The van der Waals surface area contributed by atoms with Crippen molar-refractivity contribution in [3.05, 3.63) is 0 Å². The first-order valence-electron chi connectivity index (χ1n) is 1.50. The molecule has 0 heterocycles. The van der Waals surface area contributed by atoms with E-state index in [1.165, 1.54) is 0 Å². The summed E-state index contributed by atoms with van der Waals surface area (Å²) in [6.07, 6.45) is 0. The zero-order valence-corrected chi connectivity index (χ0v) is 5.90. The second-order valence-corrected chi connectivity index (χ2v) is 2.83. The standard InChI is InChI=1S/C2H6O2SSe/c3-5(4)1-2-6/h5-6H,1-2H2. The summed E-state index contributed by atoms with van der Waals surface area (Å²) in [7, 11) is -2.12. The van der Waals surface area contributed by atoms with E-state index in [9.17, 15) is 8.42 Å². The summed E-state index contributed by atoms with van der Waals surface area (Å²) in [5.41, 5.74) is 0. The second kappa shape index (κ2) is 3.65. The molecular weight excluding hydrogens is 167 g/mol. The maximum atomic E-state index is 9.63. The molecule has 0 aliphatic rings. The summed E-state index contributed by atoms with van der Waals surface area (Å²) in [4.78, 5) is 0. The molecular formula is C2H6O2SSe. The molecule has 0 rings (SSSR count). The second-order valence-electron chi connectivity index (χ2n) is 0.780. The van der Waals surface area contributed by atoms with Gasteiger partial charge in [-0.05, 0) is 0 Å². The van der Waals surface area contributed by atoms with Crippen molar-refractivity contribution in [1.29, 1.82) is 0 Å². The zero-order chi connectivity index (χ0) is 4.99. The van der Waals surface area contributed by atoms with E-state index in [0.29, 0.717) is 11.1 Å². The molecule has 4 heteroatoms. The van der Waals surface area contributed by atoms with Crippen LogP contribution in [0.4, 0.5) is 0 Å². The van der Waals surface area contributed by atoms with Crippen molar-refractivity contribution in [3.8, 4) is 0 Å². The summed E-state index contributed by atoms with van der Waals surface area (Å²) in [6, 6.07) is 0. The fraction of sp³-hybridized carbons (Fsp3) is 1.00. The molecule has 0 N–H and O–H groups in total. The van der Waals surface area contributed by atoms with Crippen LogP contribution in [-0.4, -0.2) is 30.2 Å². The summed E-state index contributed by atoms with van der Waals surface area (Å²) in [5.74, 6) is 0.301. The van der Waals surface area contributed by atoms with Crippen LogP contribution in [0.5, 0.6) is 0 Å². The van der Waals surface area contributed by atoms with E-state index in [2.05, 4.69) is 16.0 Å². The topological polar surface area (TPSA) is 34.1 Å². The van der Waals surface area contributed by atoms with Gasteiger partial charge in [-0.2, -0.15) is 0 Å². The normalized spacial score (nSPS) is 9.67. The van der Waals surface area contributed by atoms with Crippen molar-refractivity contribution in [2.24, 2.45) is 0 Å². The molecule has 0 aromatic heterocycles. The first kappa shape index (κ1) is 6.47. The van der Waals surface area contributed by atoms with Gasteiger partial charge < -0.3 is 0 Å². The van der Waals surface area contributed by atoms with Crippen LogP contribution in [0.3, 0.4) is 0 Å². The molecule has 6 heavy (non-hydrogen) atoms. The molecule has 38 valence electrons. The molecule has 0 saturated carbocycles. The van der Waals surface area contributed by atoms with Gasteiger partial charge in [0.1, 0.15) is 0 Å². The van der Waals surface area contributed by atoms with E-state index in [0.717, 1.165) is 0 Å². The van der Waals surface area contributed by atoms with Gasteiger partial charge in [0.25, 0.3) is 0 Å². The number of thiol groups is 1. The summed E-state index contributed by atoms with van der Waals surface area (Å²) in [5, 5.41) is 0.672. The van der Waals surface area contributed by atoms with E-state index < -0.39 is 10.7 Å². The number of hydrogen-bond donors (Lipinski definition) is 1. The average molecular weight is 173 g/mol. The maximum absolute atomic E-state index is 9.63. The SMILES string of the molecule is O=[SH](=O)CC[SeH]. The Morgan fingerprint density at radius 2 is 2.00 bits per heavy atom. The van der Waals surface area contributed by atoms with Crippen molar-refractivity contribution in [3.63, 3.8) is 0 Å². The minimum absolute atomic E-state index is 0.301. The molecule has 0 spiro atoms. The van der Waals surface area contributed by atoms with Gasteiger partial charge in [0.15, 0.2) is 0 Å². The van der Waals surface area contributed by atoms with E-state index in [1.54, 1.807) is 0 Å². The Morgan fingerprint density at radius 1 is 1.50 bits per heavy atom. The van der Waals surface area contributed by atoms with Gasteiger partial charge in [0.2, 0.25) is 0 Å². The Balaban J connectivity index is 3.07. The van der Waals surface area contributed by atoms with Gasteiger partial charge >= 0.3 is 46.2 Å². The van der Waals surface area contributed by atoms with Gasteiger partial charge in [-0.3, -0.25) is 0 Å². The first-order valence-corrected chi connectivity index (χ1v) is 4.19. The van der Waals surface area contributed by atoms with Crippen LogP contribution in [0.2, 0.25) is 5.32 Å². The van der Waals surface area contributed by atoms with E-state index in [1.807, 2.05) is 0 Å². The summed E-state index contributed by atoms with van der Waals surface area (Å²) >= 11 is 2.21. The van der Waals surface area contributed by atoms with Crippen molar-refractivity contribution < 1.29 is 8.42 Å². The summed E-state index contributed by atoms with van der Waals surface area (Å²) in [6.45, 7) is 0. The van der Waals surface area contributed by atoms with Crippen molar-refractivity contribution in [2.45, 2.75) is 5.32 Å². The molecule has 0 amide bonds. The molecule has 0 aromatic carbocycles. The third-order valence-corrected chi connectivity index (χ3v) is 2.11. The Labute approximate surface area is 46.7 Å². The average Bonchev–Trinajstić information content (AvgIpc) is 1.35. The molecule has 0 radical (unpaired) electrons. The Bertz CT molecular complexity index is 79.5. The molecule has 2 nitrogen and oxygen atoms in total. The fourth-order valence-electron chi connectivity index (χ4n) is 0.0816. The Morgan fingerprint density at radius 3 is 2.00 bits per heavy atom. The number of hydrogen-bond acceptors (Lipinski definition) is 2. The van der Waals surface area contributed by atoms with Crippen LogP contribution < -0.4 is 0 Å². The predicted octanol–water partition coefficient (Wildman–Crippen LogP) is -1.08. The molecule has 0 aliphatic carbocycles. The van der Waals surface area contributed by atoms with Crippen molar-refractivity contribution in [1.82, 2.24) is 0 Å². The van der Waals surface area contributed by atoms with Crippen LogP contribution in [0.1, 0.15) is 0 Å². The van der Waals surface area contributed by atoms with Gasteiger partial charge in [0.05, 0.1) is 0 Å². The van der Waals surface area contributed by atoms with Gasteiger partial charge in [-0.15, -0.1) is 0 Å². The van der Waals surface area contributed by atoms with Crippen molar-refractivity contribution >= 4 is 26.7 Å². The van der Waals surface area contributed by atoms with E-state index in [4.69, 9.17) is 0 Å². The zero-order valence-electron chi connectivity index (χ0n) is 3.13. The van der Waals surface area contributed by atoms with Crippen LogP contribution in [-0.2, 0) is 10.7 Å².